The molecule has 0 radical (unpaired) electrons. The van der Waals surface area contributed by atoms with E-state index in [0.717, 1.165) is 23.1 Å². The van der Waals surface area contributed by atoms with Crippen LogP contribution in [0.5, 0.6) is 11.5 Å². The van der Waals surface area contributed by atoms with Gasteiger partial charge in [-0.05, 0) is 43.3 Å². The smallest absolute Gasteiger partial charge is 0.416 e. The Hall–Kier alpha value is -3.76. The minimum atomic E-state index is -4.62. The van der Waals surface area contributed by atoms with E-state index < -0.39 is 42.2 Å². The maximum absolute atomic E-state index is 13.0. The van der Waals surface area contributed by atoms with Crippen LogP contribution >= 0.6 is 0 Å². The molecule has 32 heavy (non-hydrogen) atoms. The van der Waals surface area contributed by atoms with Gasteiger partial charge >= 0.3 is 12.1 Å². The first-order valence-electron chi connectivity index (χ1n) is 9.30. The van der Waals surface area contributed by atoms with Gasteiger partial charge in [0.2, 0.25) is 5.91 Å². The number of hydrogen-bond acceptors (Lipinski definition) is 6. The number of fused-ring (bicyclic) bond motifs is 1. The van der Waals surface area contributed by atoms with E-state index in [9.17, 15) is 27.6 Å². The molecular formula is C21H19F3N2O6. The third kappa shape index (κ3) is 4.61. The van der Waals surface area contributed by atoms with Crippen molar-refractivity contribution in [3.8, 4) is 11.5 Å². The predicted molar refractivity (Wildman–Crippen MR) is 107 cm³/mol. The number of rotatable bonds is 5. The van der Waals surface area contributed by atoms with Gasteiger partial charge in [-0.15, -0.1) is 0 Å². The second-order valence-electron chi connectivity index (χ2n) is 6.82. The number of amides is 2. The van der Waals surface area contributed by atoms with Crippen molar-refractivity contribution >= 4 is 29.2 Å². The van der Waals surface area contributed by atoms with E-state index in [1.807, 2.05) is 0 Å². The number of ether oxygens (including phenoxy) is 3. The molecule has 1 aliphatic heterocycles. The molecule has 1 N–H and O–H groups in total. The van der Waals surface area contributed by atoms with Crippen LogP contribution in [0.4, 0.5) is 24.5 Å². The van der Waals surface area contributed by atoms with Crippen LogP contribution in [0, 0.1) is 0 Å². The molecule has 11 heteroatoms. The molecule has 0 bridgehead atoms. The molecule has 1 atom stereocenters. The highest BCUT2D eigenvalue weighted by molar-refractivity contribution is 6.11. The SMILES string of the molecule is COc1ccc(OC)c(C(=O)OC(C)C(=O)N2CC(=O)Nc3cc(C(F)(F)F)ccc32)c1. The normalized spacial score (nSPS) is 14.2. The zero-order valence-electron chi connectivity index (χ0n) is 17.3. The van der Waals surface area contributed by atoms with Crippen molar-refractivity contribution in [3.63, 3.8) is 0 Å². The zero-order chi connectivity index (χ0) is 23.6. The lowest BCUT2D eigenvalue weighted by Crippen LogP contribution is -2.47. The molecule has 0 saturated carbocycles. The van der Waals surface area contributed by atoms with E-state index in [1.165, 1.54) is 33.3 Å². The molecule has 170 valence electrons. The van der Waals surface area contributed by atoms with Crippen LogP contribution in [0.3, 0.4) is 0 Å². The van der Waals surface area contributed by atoms with E-state index in [-0.39, 0.29) is 22.7 Å². The number of carbonyl (C=O) groups is 3. The number of carbonyl (C=O) groups excluding carboxylic acids is 3. The first-order valence-corrected chi connectivity index (χ1v) is 9.30. The molecule has 2 aromatic carbocycles. The van der Waals surface area contributed by atoms with Crippen molar-refractivity contribution in [2.45, 2.75) is 19.2 Å². The molecule has 1 heterocycles. The molecule has 0 spiro atoms. The van der Waals surface area contributed by atoms with Crippen LogP contribution in [-0.4, -0.2) is 44.7 Å². The Morgan fingerprint density at radius 3 is 2.44 bits per heavy atom. The first-order chi connectivity index (χ1) is 15.0. The third-order valence-electron chi connectivity index (χ3n) is 4.71. The second-order valence-corrected chi connectivity index (χ2v) is 6.82. The van der Waals surface area contributed by atoms with Gasteiger partial charge in [-0.3, -0.25) is 14.5 Å². The Balaban J connectivity index is 1.84. The Bertz CT molecular complexity index is 1070. The van der Waals surface area contributed by atoms with Crippen molar-refractivity contribution in [2.75, 3.05) is 31.0 Å². The van der Waals surface area contributed by atoms with Gasteiger partial charge in [0, 0.05) is 0 Å². The van der Waals surface area contributed by atoms with Crippen molar-refractivity contribution in [3.05, 3.63) is 47.5 Å². The van der Waals surface area contributed by atoms with Crippen LogP contribution < -0.4 is 19.7 Å². The largest absolute Gasteiger partial charge is 0.497 e. The fraction of sp³-hybridized carbons (Fsp3) is 0.286. The van der Waals surface area contributed by atoms with Gasteiger partial charge in [-0.1, -0.05) is 0 Å². The van der Waals surface area contributed by atoms with E-state index >= 15 is 0 Å². The summed E-state index contributed by atoms with van der Waals surface area (Å²) in [6, 6.07) is 7.06. The van der Waals surface area contributed by atoms with E-state index in [2.05, 4.69) is 5.32 Å². The molecule has 8 nitrogen and oxygen atoms in total. The Kier molecular flexibility index (Phi) is 6.28. The summed E-state index contributed by atoms with van der Waals surface area (Å²) in [5.74, 6) is -1.79. The second kappa shape index (κ2) is 8.77. The molecule has 1 unspecified atom stereocenters. The van der Waals surface area contributed by atoms with Crippen LogP contribution in [-0.2, 0) is 20.5 Å². The Morgan fingerprint density at radius 2 is 1.81 bits per heavy atom. The molecule has 0 aromatic heterocycles. The standard InChI is InChI=1S/C21H19F3N2O6/c1-11(32-20(29)14-9-13(30-2)5-7-17(14)31-3)19(28)26-10-18(27)25-15-8-12(21(22,23)24)4-6-16(15)26/h4-9,11H,10H2,1-3H3,(H,25,27). The maximum Gasteiger partial charge on any atom is 0.416 e. The van der Waals surface area contributed by atoms with E-state index in [0.29, 0.717) is 5.75 Å². The number of halogens is 3. The number of alkyl halides is 3. The van der Waals surface area contributed by atoms with Gasteiger partial charge in [0.15, 0.2) is 6.10 Å². The number of anilines is 2. The van der Waals surface area contributed by atoms with Gasteiger partial charge in [-0.2, -0.15) is 13.2 Å². The number of hydrogen-bond donors (Lipinski definition) is 1. The van der Waals surface area contributed by atoms with Gasteiger partial charge in [0.1, 0.15) is 23.6 Å². The number of benzene rings is 2. The molecule has 3 rings (SSSR count). The van der Waals surface area contributed by atoms with Crippen LogP contribution in [0.1, 0.15) is 22.8 Å². The Labute approximate surface area is 180 Å². The lowest BCUT2D eigenvalue weighted by molar-refractivity contribution is -0.137. The molecule has 1 aliphatic rings. The fourth-order valence-electron chi connectivity index (χ4n) is 3.13. The fourth-order valence-corrected chi connectivity index (χ4v) is 3.13. The average molecular weight is 452 g/mol. The number of nitrogens with one attached hydrogen (secondary N) is 1. The van der Waals surface area contributed by atoms with Gasteiger partial charge < -0.3 is 19.5 Å². The number of esters is 1. The summed E-state index contributed by atoms with van der Waals surface area (Å²) in [7, 11) is 2.76. The van der Waals surface area contributed by atoms with Crippen molar-refractivity contribution in [2.24, 2.45) is 0 Å². The summed E-state index contributed by atoms with van der Waals surface area (Å²) in [4.78, 5) is 38.5. The molecule has 0 aliphatic carbocycles. The summed E-state index contributed by atoms with van der Waals surface area (Å²) < 4.78 is 54.4. The minimum absolute atomic E-state index is 0.0121. The number of nitrogens with zero attached hydrogens (tertiary/aromatic N) is 1. The molecule has 0 fully saturated rings. The zero-order valence-corrected chi connectivity index (χ0v) is 17.3. The maximum atomic E-state index is 13.0. The van der Waals surface area contributed by atoms with Crippen molar-refractivity contribution < 1.29 is 41.8 Å². The number of methoxy groups -OCH3 is 2. The predicted octanol–water partition coefficient (Wildman–Crippen LogP) is 3.25. The van der Waals surface area contributed by atoms with E-state index in [1.54, 1.807) is 6.07 Å². The first kappa shape index (κ1) is 22.9. The molecule has 2 aromatic rings. The molecule has 2 amide bonds. The summed E-state index contributed by atoms with van der Waals surface area (Å²) >= 11 is 0. The van der Waals surface area contributed by atoms with Gasteiger partial charge in [0.25, 0.3) is 5.91 Å². The summed E-state index contributed by atoms with van der Waals surface area (Å²) in [6.07, 6.45) is -5.97. The molecule has 0 saturated heterocycles. The highest BCUT2D eigenvalue weighted by Crippen LogP contribution is 2.37. The lowest BCUT2D eigenvalue weighted by Gasteiger charge is -2.31. The average Bonchev–Trinajstić information content (AvgIpc) is 2.76. The highest BCUT2D eigenvalue weighted by Gasteiger charge is 2.36. The molecular weight excluding hydrogens is 433 g/mol. The quantitative estimate of drug-likeness (QED) is 0.700. The third-order valence-corrected chi connectivity index (χ3v) is 4.71. The van der Waals surface area contributed by atoms with Crippen molar-refractivity contribution in [1.29, 1.82) is 0 Å². The summed E-state index contributed by atoms with van der Waals surface area (Å²) in [5, 5.41) is 2.32. The van der Waals surface area contributed by atoms with Crippen LogP contribution in [0.2, 0.25) is 0 Å². The van der Waals surface area contributed by atoms with Crippen molar-refractivity contribution in [1.82, 2.24) is 0 Å². The monoisotopic (exact) mass is 452 g/mol. The highest BCUT2D eigenvalue weighted by atomic mass is 19.4. The van der Waals surface area contributed by atoms with Crippen LogP contribution in [0.15, 0.2) is 36.4 Å². The topological polar surface area (TPSA) is 94.2 Å². The summed E-state index contributed by atoms with van der Waals surface area (Å²) in [6.45, 7) is 0.852. The van der Waals surface area contributed by atoms with Gasteiger partial charge in [-0.25, -0.2) is 4.79 Å². The van der Waals surface area contributed by atoms with Crippen LogP contribution in [0.25, 0.3) is 0 Å². The summed E-state index contributed by atoms with van der Waals surface area (Å²) in [5.41, 5.74) is -1.07. The van der Waals surface area contributed by atoms with E-state index in [4.69, 9.17) is 14.2 Å². The Morgan fingerprint density at radius 1 is 1.09 bits per heavy atom. The lowest BCUT2D eigenvalue weighted by atomic mass is 10.1. The minimum Gasteiger partial charge on any atom is -0.497 e. The van der Waals surface area contributed by atoms with Gasteiger partial charge in [0.05, 0.1) is 31.2 Å².